The van der Waals surface area contributed by atoms with Crippen LogP contribution in [0.2, 0.25) is 0 Å². The van der Waals surface area contributed by atoms with Gasteiger partial charge < -0.3 is 5.32 Å². The molecule has 116 valence electrons. The SMILES string of the molecule is Cc1cccc(/C=C(/C#N)C(=O)NCCCc2ccccc2)c1. The Hall–Kier alpha value is -2.86. The number of carbonyl (C=O) groups excluding carboxylic acids is 1. The van der Waals surface area contributed by atoms with Crippen molar-refractivity contribution in [2.75, 3.05) is 6.54 Å². The van der Waals surface area contributed by atoms with Crippen molar-refractivity contribution >= 4 is 12.0 Å². The zero-order valence-electron chi connectivity index (χ0n) is 13.3. The van der Waals surface area contributed by atoms with Gasteiger partial charge in [0, 0.05) is 6.54 Å². The van der Waals surface area contributed by atoms with Crippen LogP contribution in [0.1, 0.15) is 23.1 Å². The summed E-state index contributed by atoms with van der Waals surface area (Å²) in [6, 6.07) is 19.8. The topological polar surface area (TPSA) is 52.9 Å². The van der Waals surface area contributed by atoms with E-state index in [1.807, 2.05) is 55.5 Å². The highest BCUT2D eigenvalue weighted by Crippen LogP contribution is 2.09. The van der Waals surface area contributed by atoms with Crippen LogP contribution >= 0.6 is 0 Å². The number of nitrogens with one attached hydrogen (secondary N) is 1. The second kappa shape index (κ2) is 8.55. The maximum atomic E-state index is 12.1. The molecule has 0 radical (unpaired) electrons. The van der Waals surface area contributed by atoms with Gasteiger partial charge in [-0.15, -0.1) is 0 Å². The summed E-state index contributed by atoms with van der Waals surface area (Å²) in [5.41, 5.74) is 3.34. The van der Waals surface area contributed by atoms with Crippen molar-refractivity contribution < 1.29 is 4.79 Å². The van der Waals surface area contributed by atoms with Gasteiger partial charge in [0.05, 0.1) is 0 Å². The van der Waals surface area contributed by atoms with Crippen LogP contribution in [0.5, 0.6) is 0 Å². The monoisotopic (exact) mass is 304 g/mol. The minimum Gasteiger partial charge on any atom is -0.351 e. The van der Waals surface area contributed by atoms with Crippen LogP contribution in [0.25, 0.3) is 6.08 Å². The zero-order valence-corrected chi connectivity index (χ0v) is 13.3. The first-order chi connectivity index (χ1) is 11.2. The molecular weight excluding hydrogens is 284 g/mol. The number of amides is 1. The van der Waals surface area contributed by atoms with Gasteiger partial charge >= 0.3 is 0 Å². The Labute approximate surface area is 137 Å². The Morgan fingerprint density at radius 3 is 2.65 bits per heavy atom. The molecular formula is C20H20N2O. The fourth-order valence-corrected chi connectivity index (χ4v) is 2.31. The van der Waals surface area contributed by atoms with E-state index in [4.69, 9.17) is 0 Å². The molecule has 0 saturated heterocycles. The molecule has 3 nitrogen and oxygen atoms in total. The molecule has 0 aromatic heterocycles. The number of hydrogen-bond acceptors (Lipinski definition) is 2. The lowest BCUT2D eigenvalue weighted by Crippen LogP contribution is -2.25. The molecule has 0 unspecified atom stereocenters. The molecule has 0 bridgehead atoms. The van der Waals surface area contributed by atoms with Crippen LogP contribution in [-0.4, -0.2) is 12.5 Å². The highest BCUT2D eigenvalue weighted by atomic mass is 16.1. The number of benzene rings is 2. The molecule has 2 rings (SSSR count). The minimum atomic E-state index is -0.318. The summed E-state index contributed by atoms with van der Waals surface area (Å²) in [5, 5.41) is 12.0. The zero-order chi connectivity index (χ0) is 16.5. The van der Waals surface area contributed by atoms with Gasteiger partial charge in [-0.25, -0.2) is 0 Å². The number of nitriles is 1. The molecule has 0 heterocycles. The fraction of sp³-hybridized carbons (Fsp3) is 0.200. The standard InChI is InChI=1S/C20H20N2O/c1-16-7-5-10-18(13-16)14-19(15-21)20(23)22-12-6-11-17-8-3-2-4-9-17/h2-5,7-10,13-14H,6,11-12H2,1H3,(H,22,23)/b19-14-. The molecule has 1 N–H and O–H groups in total. The molecule has 0 saturated carbocycles. The maximum absolute atomic E-state index is 12.1. The van der Waals surface area contributed by atoms with Gasteiger partial charge in [-0.1, -0.05) is 60.2 Å². The maximum Gasteiger partial charge on any atom is 0.261 e. The van der Waals surface area contributed by atoms with Gasteiger partial charge in [0.2, 0.25) is 0 Å². The third-order valence-corrected chi connectivity index (χ3v) is 3.49. The Balaban J connectivity index is 1.87. The molecule has 1 amide bonds. The lowest BCUT2D eigenvalue weighted by molar-refractivity contribution is -0.117. The van der Waals surface area contributed by atoms with E-state index in [1.54, 1.807) is 6.08 Å². The summed E-state index contributed by atoms with van der Waals surface area (Å²) in [7, 11) is 0. The first kappa shape index (κ1) is 16.5. The molecule has 23 heavy (non-hydrogen) atoms. The molecule has 0 aliphatic carbocycles. The molecule has 0 spiro atoms. The molecule has 2 aromatic rings. The summed E-state index contributed by atoms with van der Waals surface area (Å²) in [6.45, 7) is 2.54. The normalized spacial score (nSPS) is 10.9. The van der Waals surface area contributed by atoms with E-state index in [2.05, 4.69) is 17.4 Å². The molecule has 0 aliphatic rings. The van der Waals surface area contributed by atoms with Crippen molar-refractivity contribution in [3.63, 3.8) is 0 Å². The summed E-state index contributed by atoms with van der Waals surface area (Å²) in [5.74, 6) is -0.318. The van der Waals surface area contributed by atoms with Crippen molar-refractivity contribution in [3.8, 4) is 6.07 Å². The fourth-order valence-electron chi connectivity index (χ4n) is 2.31. The van der Waals surface area contributed by atoms with Gasteiger partial charge in [-0.2, -0.15) is 5.26 Å². The highest BCUT2D eigenvalue weighted by molar-refractivity contribution is 6.01. The Kier molecular flexibility index (Phi) is 6.14. The van der Waals surface area contributed by atoms with E-state index < -0.39 is 0 Å². The predicted molar refractivity (Wildman–Crippen MR) is 92.5 cm³/mol. The Morgan fingerprint density at radius 1 is 1.17 bits per heavy atom. The first-order valence-corrected chi connectivity index (χ1v) is 7.69. The molecule has 0 fully saturated rings. The van der Waals surface area contributed by atoms with Crippen molar-refractivity contribution in [1.82, 2.24) is 5.32 Å². The van der Waals surface area contributed by atoms with Crippen molar-refractivity contribution in [2.45, 2.75) is 19.8 Å². The molecule has 3 heteroatoms. The number of nitrogens with zero attached hydrogens (tertiary/aromatic N) is 1. The minimum absolute atomic E-state index is 0.135. The van der Waals surface area contributed by atoms with Gasteiger partial charge in [0.15, 0.2) is 0 Å². The van der Waals surface area contributed by atoms with Gasteiger partial charge in [0.25, 0.3) is 5.91 Å². The van der Waals surface area contributed by atoms with Crippen molar-refractivity contribution in [1.29, 1.82) is 5.26 Å². The molecule has 0 atom stereocenters. The van der Waals surface area contributed by atoms with Crippen LogP contribution in [0.4, 0.5) is 0 Å². The van der Waals surface area contributed by atoms with Crippen LogP contribution in [0.3, 0.4) is 0 Å². The third-order valence-electron chi connectivity index (χ3n) is 3.49. The average molecular weight is 304 g/mol. The van der Waals surface area contributed by atoms with Crippen molar-refractivity contribution in [2.24, 2.45) is 0 Å². The number of carbonyl (C=O) groups is 1. The first-order valence-electron chi connectivity index (χ1n) is 7.69. The lowest BCUT2D eigenvalue weighted by atomic mass is 10.1. The second-order valence-corrected chi connectivity index (χ2v) is 5.43. The summed E-state index contributed by atoms with van der Waals surface area (Å²) in [4.78, 5) is 12.1. The van der Waals surface area contributed by atoms with Crippen LogP contribution in [0, 0.1) is 18.3 Å². The van der Waals surface area contributed by atoms with Crippen LogP contribution in [-0.2, 0) is 11.2 Å². The Bertz CT molecular complexity index is 727. The smallest absolute Gasteiger partial charge is 0.261 e. The summed E-state index contributed by atoms with van der Waals surface area (Å²) in [6.07, 6.45) is 3.38. The van der Waals surface area contributed by atoms with E-state index in [0.29, 0.717) is 6.54 Å². The predicted octanol–water partition coefficient (Wildman–Crippen LogP) is 3.65. The van der Waals surface area contributed by atoms with Gasteiger partial charge in [0.1, 0.15) is 11.6 Å². The van der Waals surface area contributed by atoms with Gasteiger partial charge in [-0.3, -0.25) is 4.79 Å². The van der Waals surface area contributed by atoms with E-state index in [0.717, 1.165) is 24.0 Å². The highest BCUT2D eigenvalue weighted by Gasteiger charge is 2.08. The second-order valence-electron chi connectivity index (χ2n) is 5.43. The Morgan fingerprint density at radius 2 is 1.96 bits per heavy atom. The van der Waals surface area contributed by atoms with E-state index in [1.165, 1.54) is 5.56 Å². The lowest BCUT2D eigenvalue weighted by Gasteiger charge is -2.05. The average Bonchev–Trinajstić information content (AvgIpc) is 2.57. The van der Waals surface area contributed by atoms with E-state index in [-0.39, 0.29) is 11.5 Å². The number of rotatable bonds is 6. The number of hydrogen-bond donors (Lipinski definition) is 1. The van der Waals surface area contributed by atoms with Crippen LogP contribution in [0.15, 0.2) is 60.2 Å². The quantitative estimate of drug-likeness (QED) is 0.503. The number of aryl methyl sites for hydroxylation is 2. The summed E-state index contributed by atoms with van der Waals surface area (Å²) < 4.78 is 0. The molecule has 2 aromatic carbocycles. The van der Waals surface area contributed by atoms with E-state index in [9.17, 15) is 10.1 Å². The molecule has 0 aliphatic heterocycles. The van der Waals surface area contributed by atoms with Crippen LogP contribution < -0.4 is 5.32 Å². The largest absolute Gasteiger partial charge is 0.351 e. The van der Waals surface area contributed by atoms with Crippen molar-refractivity contribution in [3.05, 3.63) is 76.9 Å². The van der Waals surface area contributed by atoms with Gasteiger partial charge in [-0.05, 0) is 37.0 Å². The summed E-state index contributed by atoms with van der Waals surface area (Å²) >= 11 is 0. The van der Waals surface area contributed by atoms with E-state index >= 15 is 0 Å². The third kappa shape index (κ3) is 5.44.